The molecular weight excluding hydrogens is 376 g/mol. The van der Waals surface area contributed by atoms with E-state index >= 15 is 0 Å². The Morgan fingerprint density at radius 1 is 0.933 bits per heavy atom. The van der Waals surface area contributed by atoms with Crippen LogP contribution in [-0.4, -0.2) is 47.9 Å². The van der Waals surface area contributed by atoms with Crippen LogP contribution >= 0.6 is 0 Å². The van der Waals surface area contributed by atoms with E-state index in [0.29, 0.717) is 17.2 Å². The SMILES string of the molecule is CCCN(CCC)C1Cc2cc3c(cc2C1)C(=O)N(Cc1ccc(OC)cc1)C3=O. The summed E-state index contributed by atoms with van der Waals surface area (Å²) in [4.78, 5) is 30.0. The molecule has 0 spiro atoms. The lowest BCUT2D eigenvalue weighted by Crippen LogP contribution is -2.37. The van der Waals surface area contributed by atoms with Crippen molar-refractivity contribution in [2.24, 2.45) is 0 Å². The second-order valence-electron chi connectivity index (χ2n) is 8.31. The fourth-order valence-corrected chi connectivity index (χ4v) is 4.75. The molecule has 5 heteroatoms. The maximum Gasteiger partial charge on any atom is 0.261 e. The quantitative estimate of drug-likeness (QED) is 0.620. The maximum absolute atomic E-state index is 13.0. The Morgan fingerprint density at radius 3 is 1.93 bits per heavy atom. The van der Waals surface area contributed by atoms with Gasteiger partial charge in [0.1, 0.15) is 5.75 Å². The Morgan fingerprint density at radius 2 is 1.47 bits per heavy atom. The number of amides is 2. The van der Waals surface area contributed by atoms with Gasteiger partial charge in [-0.25, -0.2) is 0 Å². The van der Waals surface area contributed by atoms with Gasteiger partial charge in [0.15, 0.2) is 0 Å². The summed E-state index contributed by atoms with van der Waals surface area (Å²) in [7, 11) is 1.62. The van der Waals surface area contributed by atoms with Gasteiger partial charge < -0.3 is 4.74 Å². The lowest BCUT2D eigenvalue weighted by atomic mass is 10.0. The monoisotopic (exact) mass is 406 g/mol. The van der Waals surface area contributed by atoms with Crippen molar-refractivity contribution in [3.8, 4) is 5.75 Å². The van der Waals surface area contributed by atoms with E-state index in [1.165, 1.54) is 16.0 Å². The minimum absolute atomic E-state index is 0.184. The molecule has 2 amide bonds. The third-order valence-corrected chi connectivity index (χ3v) is 6.24. The van der Waals surface area contributed by atoms with Crippen molar-refractivity contribution in [1.82, 2.24) is 9.80 Å². The van der Waals surface area contributed by atoms with E-state index in [0.717, 1.165) is 50.1 Å². The summed E-state index contributed by atoms with van der Waals surface area (Å²) in [6.07, 6.45) is 4.20. The molecule has 2 aliphatic rings. The number of hydrogen-bond acceptors (Lipinski definition) is 4. The Bertz CT molecular complexity index is 901. The van der Waals surface area contributed by atoms with Crippen molar-refractivity contribution < 1.29 is 14.3 Å². The van der Waals surface area contributed by atoms with Crippen LogP contribution in [0, 0.1) is 0 Å². The zero-order valence-corrected chi connectivity index (χ0v) is 18.1. The van der Waals surface area contributed by atoms with Crippen LogP contribution in [0.25, 0.3) is 0 Å². The van der Waals surface area contributed by atoms with Crippen molar-refractivity contribution >= 4 is 11.8 Å². The van der Waals surface area contributed by atoms with E-state index in [2.05, 4.69) is 18.7 Å². The van der Waals surface area contributed by atoms with Crippen molar-refractivity contribution in [2.45, 2.75) is 52.1 Å². The molecule has 0 fully saturated rings. The van der Waals surface area contributed by atoms with Crippen LogP contribution in [0.1, 0.15) is 64.1 Å². The molecule has 1 aliphatic heterocycles. The molecule has 0 saturated heterocycles. The van der Waals surface area contributed by atoms with Gasteiger partial charge in [0, 0.05) is 6.04 Å². The largest absolute Gasteiger partial charge is 0.497 e. The van der Waals surface area contributed by atoms with Crippen LogP contribution in [0.15, 0.2) is 36.4 Å². The molecule has 2 aromatic rings. The standard InChI is InChI=1S/C25H30N2O3/c1-4-10-26(11-5-2)20-12-18-14-22-23(15-19(18)13-20)25(29)27(24(22)28)16-17-6-8-21(30-3)9-7-17/h6-9,14-15,20H,4-5,10-13,16H2,1-3H3. The maximum atomic E-state index is 13.0. The first kappa shape index (κ1) is 20.6. The molecule has 158 valence electrons. The average Bonchev–Trinajstić information content (AvgIpc) is 3.27. The lowest BCUT2D eigenvalue weighted by molar-refractivity contribution is 0.0642. The number of ether oxygens (including phenoxy) is 1. The normalized spacial score (nSPS) is 15.8. The molecule has 0 unspecified atom stereocenters. The van der Waals surface area contributed by atoms with Gasteiger partial charge in [-0.1, -0.05) is 26.0 Å². The molecule has 1 aliphatic carbocycles. The second kappa shape index (κ2) is 8.60. The van der Waals surface area contributed by atoms with Gasteiger partial charge in [0.05, 0.1) is 24.8 Å². The number of carbonyl (C=O) groups excluding carboxylic acids is 2. The van der Waals surface area contributed by atoms with E-state index < -0.39 is 0 Å². The number of nitrogens with zero attached hydrogens (tertiary/aromatic N) is 2. The molecule has 0 saturated carbocycles. The van der Waals surface area contributed by atoms with Crippen molar-refractivity contribution in [1.29, 1.82) is 0 Å². The summed E-state index contributed by atoms with van der Waals surface area (Å²) in [6, 6.07) is 11.9. The molecule has 2 aromatic carbocycles. The molecular formula is C25H30N2O3. The summed E-state index contributed by atoms with van der Waals surface area (Å²) in [5.74, 6) is 0.388. The fourth-order valence-electron chi connectivity index (χ4n) is 4.75. The van der Waals surface area contributed by atoms with Gasteiger partial charge in [-0.2, -0.15) is 0 Å². The van der Waals surface area contributed by atoms with Crippen molar-refractivity contribution in [3.63, 3.8) is 0 Å². The second-order valence-corrected chi connectivity index (χ2v) is 8.31. The summed E-state index contributed by atoms with van der Waals surface area (Å²) in [6.45, 7) is 6.91. The molecule has 30 heavy (non-hydrogen) atoms. The Balaban J connectivity index is 1.53. The number of fused-ring (bicyclic) bond motifs is 2. The highest BCUT2D eigenvalue weighted by Gasteiger charge is 2.38. The van der Waals surface area contributed by atoms with Crippen LogP contribution in [0.5, 0.6) is 5.75 Å². The summed E-state index contributed by atoms with van der Waals surface area (Å²) in [5, 5.41) is 0. The molecule has 4 rings (SSSR count). The van der Waals surface area contributed by atoms with Crippen LogP contribution in [0.4, 0.5) is 0 Å². The molecule has 0 bridgehead atoms. The van der Waals surface area contributed by atoms with Gasteiger partial charge >= 0.3 is 0 Å². The van der Waals surface area contributed by atoms with Crippen molar-refractivity contribution in [3.05, 3.63) is 64.2 Å². The predicted molar refractivity (Wildman–Crippen MR) is 117 cm³/mol. The van der Waals surface area contributed by atoms with Crippen LogP contribution in [0.2, 0.25) is 0 Å². The van der Waals surface area contributed by atoms with Crippen LogP contribution < -0.4 is 4.74 Å². The zero-order valence-electron chi connectivity index (χ0n) is 18.1. The molecule has 0 aromatic heterocycles. The Hall–Kier alpha value is -2.66. The van der Waals surface area contributed by atoms with E-state index in [1.807, 2.05) is 36.4 Å². The van der Waals surface area contributed by atoms with Gasteiger partial charge in [0.2, 0.25) is 0 Å². The fraction of sp³-hybridized carbons (Fsp3) is 0.440. The van der Waals surface area contributed by atoms with E-state index in [1.54, 1.807) is 7.11 Å². The summed E-state index contributed by atoms with van der Waals surface area (Å²) < 4.78 is 5.18. The predicted octanol–water partition coefficient (Wildman–Crippen LogP) is 4.08. The third kappa shape index (κ3) is 3.74. The first-order chi connectivity index (χ1) is 14.5. The number of rotatable bonds is 8. The highest BCUT2D eigenvalue weighted by atomic mass is 16.5. The molecule has 0 radical (unpaired) electrons. The number of carbonyl (C=O) groups is 2. The average molecular weight is 407 g/mol. The summed E-state index contributed by atoms with van der Waals surface area (Å²) >= 11 is 0. The van der Waals surface area contributed by atoms with E-state index in [4.69, 9.17) is 4.74 Å². The van der Waals surface area contributed by atoms with Crippen molar-refractivity contribution in [2.75, 3.05) is 20.2 Å². The van der Waals surface area contributed by atoms with E-state index in [-0.39, 0.29) is 18.4 Å². The highest BCUT2D eigenvalue weighted by Crippen LogP contribution is 2.33. The van der Waals surface area contributed by atoms with E-state index in [9.17, 15) is 9.59 Å². The minimum atomic E-state index is -0.184. The minimum Gasteiger partial charge on any atom is -0.497 e. The van der Waals surface area contributed by atoms with Gasteiger partial charge in [-0.3, -0.25) is 19.4 Å². The molecule has 5 nitrogen and oxygen atoms in total. The third-order valence-electron chi connectivity index (χ3n) is 6.24. The lowest BCUT2D eigenvalue weighted by Gasteiger charge is -2.27. The van der Waals surface area contributed by atoms with Gasteiger partial charge in [-0.05, 0) is 79.7 Å². The number of hydrogen-bond donors (Lipinski definition) is 0. The van der Waals surface area contributed by atoms with Gasteiger partial charge in [-0.15, -0.1) is 0 Å². The highest BCUT2D eigenvalue weighted by molar-refractivity contribution is 6.21. The van der Waals surface area contributed by atoms with Crippen LogP contribution in [-0.2, 0) is 19.4 Å². The zero-order chi connectivity index (χ0) is 21.3. The topological polar surface area (TPSA) is 49.9 Å². The molecule has 1 heterocycles. The van der Waals surface area contributed by atoms with Gasteiger partial charge in [0.25, 0.3) is 11.8 Å². The number of benzene rings is 2. The Labute approximate surface area is 178 Å². The molecule has 0 atom stereocenters. The molecule has 0 N–H and O–H groups in total. The first-order valence-electron chi connectivity index (χ1n) is 10.9. The first-order valence-corrected chi connectivity index (χ1v) is 10.9. The summed E-state index contributed by atoms with van der Waals surface area (Å²) in [5.41, 5.74) is 4.48. The van der Waals surface area contributed by atoms with Crippen LogP contribution in [0.3, 0.4) is 0 Å². The number of imide groups is 1. The number of methoxy groups -OCH3 is 1. The smallest absolute Gasteiger partial charge is 0.261 e. The Kier molecular flexibility index (Phi) is 5.91.